The van der Waals surface area contributed by atoms with Crippen molar-refractivity contribution in [2.24, 2.45) is 0 Å². The SMILES string of the molecule is CC(NC(=O)C1CSC2c3ccccc3C(=O)N12)C(=O)NCC1CCCO1. The van der Waals surface area contributed by atoms with Crippen LogP contribution in [0.1, 0.15) is 41.1 Å². The molecular weight excluding hydrogens is 366 g/mol. The second kappa shape index (κ2) is 7.52. The minimum absolute atomic E-state index is 0.0598. The number of rotatable bonds is 5. The van der Waals surface area contributed by atoms with E-state index >= 15 is 0 Å². The van der Waals surface area contributed by atoms with Crippen molar-refractivity contribution in [2.45, 2.75) is 43.3 Å². The molecule has 3 aliphatic heterocycles. The number of hydrogen-bond acceptors (Lipinski definition) is 5. The van der Waals surface area contributed by atoms with E-state index in [1.165, 1.54) is 0 Å². The maximum Gasteiger partial charge on any atom is 0.256 e. The van der Waals surface area contributed by atoms with E-state index in [4.69, 9.17) is 4.74 Å². The summed E-state index contributed by atoms with van der Waals surface area (Å²) in [5.41, 5.74) is 1.63. The van der Waals surface area contributed by atoms with Gasteiger partial charge in [-0.2, -0.15) is 0 Å². The fraction of sp³-hybridized carbons (Fsp3) is 0.526. The van der Waals surface area contributed by atoms with Gasteiger partial charge in [0.25, 0.3) is 5.91 Å². The number of ether oxygens (including phenoxy) is 1. The van der Waals surface area contributed by atoms with Crippen LogP contribution < -0.4 is 10.6 Å². The number of nitrogens with zero attached hydrogens (tertiary/aromatic N) is 1. The lowest BCUT2D eigenvalue weighted by molar-refractivity contribution is -0.130. The van der Waals surface area contributed by atoms with Crippen molar-refractivity contribution in [1.82, 2.24) is 15.5 Å². The average molecular weight is 389 g/mol. The van der Waals surface area contributed by atoms with E-state index in [2.05, 4.69) is 10.6 Å². The number of carbonyl (C=O) groups excluding carboxylic acids is 3. The largest absolute Gasteiger partial charge is 0.376 e. The Labute approximate surface area is 162 Å². The fourth-order valence-electron chi connectivity index (χ4n) is 3.79. The van der Waals surface area contributed by atoms with Crippen LogP contribution in [0.5, 0.6) is 0 Å². The number of hydrogen-bond donors (Lipinski definition) is 2. The molecule has 0 bridgehead atoms. The van der Waals surface area contributed by atoms with Crippen LogP contribution in [-0.2, 0) is 14.3 Å². The Hall–Kier alpha value is -2.06. The zero-order valence-electron chi connectivity index (χ0n) is 15.1. The molecule has 2 fully saturated rings. The number of thioether (sulfide) groups is 1. The molecule has 2 N–H and O–H groups in total. The second-order valence-corrected chi connectivity index (χ2v) is 8.22. The first kappa shape index (κ1) is 18.3. The Morgan fingerprint density at radius 3 is 2.96 bits per heavy atom. The van der Waals surface area contributed by atoms with Crippen LogP contribution in [0, 0.1) is 0 Å². The number of fused-ring (bicyclic) bond motifs is 3. The maximum atomic E-state index is 12.7. The molecule has 1 aromatic rings. The molecule has 4 atom stereocenters. The van der Waals surface area contributed by atoms with Crippen LogP contribution in [0.2, 0.25) is 0 Å². The predicted molar refractivity (Wildman–Crippen MR) is 101 cm³/mol. The van der Waals surface area contributed by atoms with Crippen LogP contribution >= 0.6 is 11.8 Å². The van der Waals surface area contributed by atoms with Gasteiger partial charge in [0.15, 0.2) is 0 Å². The second-order valence-electron chi connectivity index (χ2n) is 7.11. The van der Waals surface area contributed by atoms with Gasteiger partial charge in [0.2, 0.25) is 11.8 Å². The van der Waals surface area contributed by atoms with Crippen LogP contribution in [0.25, 0.3) is 0 Å². The summed E-state index contributed by atoms with van der Waals surface area (Å²) in [5, 5.41) is 5.47. The Morgan fingerprint density at radius 2 is 2.19 bits per heavy atom. The summed E-state index contributed by atoms with van der Waals surface area (Å²) in [4.78, 5) is 39.3. The van der Waals surface area contributed by atoms with Gasteiger partial charge in [0.05, 0.1) is 6.10 Å². The Balaban J connectivity index is 1.35. The minimum atomic E-state index is -0.664. The van der Waals surface area contributed by atoms with Gasteiger partial charge in [-0.25, -0.2) is 0 Å². The molecule has 3 amide bonds. The smallest absolute Gasteiger partial charge is 0.256 e. The van der Waals surface area contributed by atoms with E-state index in [-0.39, 0.29) is 29.2 Å². The van der Waals surface area contributed by atoms with Gasteiger partial charge in [0, 0.05) is 24.5 Å². The van der Waals surface area contributed by atoms with Crippen molar-refractivity contribution in [3.8, 4) is 0 Å². The van der Waals surface area contributed by atoms with Gasteiger partial charge < -0.3 is 20.3 Å². The summed E-state index contributed by atoms with van der Waals surface area (Å²) >= 11 is 1.59. The molecule has 1 aromatic carbocycles. The van der Waals surface area contributed by atoms with Crippen LogP contribution in [0.4, 0.5) is 0 Å². The highest BCUT2D eigenvalue weighted by atomic mass is 32.2. The Kier molecular flexibility index (Phi) is 5.10. The first-order valence-corrected chi connectivity index (χ1v) is 10.3. The lowest BCUT2D eigenvalue weighted by Crippen LogP contribution is -2.52. The molecule has 144 valence electrons. The van der Waals surface area contributed by atoms with Gasteiger partial charge in [-0.3, -0.25) is 14.4 Å². The van der Waals surface area contributed by atoms with E-state index in [0.29, 0.717) is 17.9 Å². The molecule has 0 saturated carbocycles. The molecule has 3 aliphatic rings. The lowest BCUT2D eigenvalue weighted by atomic mass is 10.1. The average Bonchev–Trinajstić information content (AvgIpc) is 3.39. The first-order valence-electron chi connectivity index (χ1n) is 9.29. The Bertz CT molecular complexity index is 765. The van der Waals surface area contributed by atoms with Gasteiger partial charge in [-0.15, -0.1) is 11.8 Å². The van der Waals surface area contributed by atoms with Gasteiger partial charge in [0.1, 0.15) is 17.5 Å². The van der Waals surface area contributed by atoms with Crippen molar-refractivity contribution in [2.75, 3.05) is 18.9 Å². The third-order valence-corrected chi connectivity index (χ3v) is 6.58. The Morgan fingerprint density at radius 1 is 1.37 bits per heavy atom. The summed E-state index contributed by atoms with van der Waals surface area (Å²) in [6.45, 7) is 2.85. The number of amides is 3. The summed E-state index contributed by atoms with van der Waals surface area (Å²) in [6, 6.07) is 6.25. The number of carbonyl (C=O) groups is 3. The van der Waals surface area contributed by atoms with Crippen molar-refractivity contribution in [3.05, 3.63) is 35.4 Å². The zero-order valence-corrected chi connectivity index (χ0v) is 16.0. The molecule has 0 spiro atoms. The summed E-state index contributed by atoms with van der Waals surface area (Å²) in [6.07, 6.45) is 2.02. The highest BCUT2D eigenvalue weighted by molar-refractivity contribution is 7.99. The third kappa shape index (κ3) is 3.43. The van der Waals surface area contributed by atoms with Crippen molar-refractivity contribution < 1.29 is 19.1 Å². The lowest BCUT2D eigenvalue weighted by Gasteiger charge is -2.24. The molecule has 0 aromatic heterocycles. The molecule has 0 radical (unpaired) electrons. The highest BCUT2D eigenvalue weighted by Gasteiger charge is 2.48. The number of benzene rings is 1. The van der Waals surface area contributed by atoms with E-state index < -0.39 is 12.1 Å². The summed E-state index contributed by atoms with van der Waals surface area (Å²) in [7, 11) is 0. The molecule has 8 heteroatoms. The molecule has 4 rings (SSSR count). The van der Waals surface area contributed by atoms with E-state index in [1.807, 2.05) is 18.2 Å². The molecule has 4 unspecified atom stereocenters. The maximum absolute atomic E-state index is 12.7. The minimum Gasteiger partial charge on any atom is -0.376 e. The summed E-state index contributed by atoms with van der Waals surface area (Å²) < 4.78 is 5.49. The molecule has 27 heavy (non-hydrogen) atoms. The van der Waals surface area contributed by atoms with Crippen molar-refractivity contribution >= 4 is 29.5 Å². The molecule has 0 aliphatic carbocycles. The van der Waals surface area contributed by atoms with Crippen molar-refractivity contribution in [3.63, 3.8) is 0 Å². The molecule has 7 nitrogen and oxygen atoms in total. The summed E-state index contributed by atoms with van der Waals surface area (Å²) in [5.74, 6) is -0.111. The fourth-order valence-corrected chi connectivity index (χ4v) is 5.26. The molecule has 2 saturated heterocycles. The predicted octanol–water partition coefficient (Wildman–Crippen LogP) is 1.06. The molecular formula is C19H23N3O4S. The monoisotopic (exact) mass is 389 g/mol. The first-order chi connectivity index (χ1) is 13.1. The van der Waals surface area contributed by atoms with Gasteiger partial charge in [-0.1, -0.05) is 18.2 Å². The quantitative estimate of drug-likeness (QED) is 0.786. The highest BCUT2D eigenvalue weighted by Crippen LogP contribution is 2.48. The van der Waals surface area contributed by atoms with E-state index in [9.17, 15) is 14.4 Å². The molecule has 3 heterocycles. The normalized spacial score (nSPS) is 27.2. The van der Waals surface area contributed by atoms with E-state index in [1.54, 1.807) is 29.7 Å². The zero-order chi connectivity index (χ0) is 19.0. The van der Waals surface area contributed by atoms with Gasteiger partial charge in [-0.05, 0) is 31.4 Å². The van der Waals surface area contributed by atoms with Crippen LogP contribution in [0.3, 0.4) is 0 Å². The third-order valence-electron chi connectivity index (χ3n) is 5.27. The van der Waals surface area contributed by atoms with Crippen molar-refractivity contribution in [1.29, 1.82) is 0 Å². The van der Waals surface area contributed by atoms with Crippen LogP contribution in [-0.4, -0.2) is 59.7 Å². The number of nitrogens with one attached hydrogen (secondary N) is 2. The van der Waals surface area contributed by atoms with Gasteiger partial charge >= 0.3 is 0 Å². The van der Waals surface area contributed by atoms with Crippen LogP contribution in [0.15, 0.2) is 24.3 Å². The van der Waals surface area contributed by atoms with E-state index in [0.717, 1.165) is 25.0 Å². The standard InChI is InChI=1S/C19H23N3O4S/c1-11(16(23)20-9-12-5-4-8-26-12)21-17(24)15-10-27-19-14-7-3-2-6-13(14)18(25)22(15)19/h2-3,6-7,11-12,15,19H,4-5,8-10H2,1H3,(H,20,23)(H,21,24). The topological polar surface area (TPSA) is 87.7 Å².